The minimum atomic E-state index is 0.511. The van der Waals surface area contributed by atoms with Crippen LogP contribution < -0.4 is 4.74 Å². The fraction of sp³-hybridized carbons (Fsp3) is 0.319. The van der Waals surface area contributed by atoms with Gasteiger partial charge in [-0.15, -0.1) is 0 Å². The van der Waals surface area contributed by atoms with E-state index in [1.807, 2.05) is 6.20 Å². The van der Waals surface area contributed by atoms with Crippen molar-refractivity contribution in [2.75, 3.05) is 0 Å². The topological polar surface area (TPSA) is 44.9 Å². The first-order chi connectivity index (χ1) is 25.2. The van der Waals surface area contributed by atoms with E-state index in [-0.39, 0.29) is 0 Å². The van der Waals surface area contributed by atoms with Gasteiger partial charge in [0, 0.05) is 40.4 Å². The van der Waals surface area contributed by atoms with Gasteiger partial charge in [0.25, 0.3) is 0 Å². The van der Waals surface area contributed by atoms with E-state index in [0.717, 1.165) is 58.3 Å². The van der Waals surface area contributed by atoms with E-state index < -0.39 is 0 Å². The molecule has 1 atom stereocenters. The van der Waals surface area contributed by atoms with Crippen LogP contribution in [0.5, 0.6) is 11.5 Å². The molecular formula is C47H52N4O. The first kappa shape index (κ1) is 35.3. The lowest BCUT2D eigenvalue weighted by molar-refractivity contribution is 0.481. The number of hydrogen-bond donors (Lipinski definition) is 0. The summed E-state index contributed by atoms with van der Waals surface area (Å²) in [4.78, 5) is 4.85. The van der Waals surface area contributed by atoms with Crippen LogP contribution in [0.1, 0.15) is 93.8 Å². The van der Waals surface area contributed by atoms with Crippen molar-refractivity contribution >= 4 is 21.8 Å². The molecule has 7 rings (SSSR count). The second-order valence-electron chi connectivity index (χ2n) is 15.1. The summed E-state index contributed by atoms with van der Waals surface area (Å²) in [6.07, 6.45) is 8.97. The van der Waals surface area contributed by atoms with Crippen molar-refractivity contribution in [3.05, 3.63) is 131 Å². The molecule has 0 saturated carbocycles. The molecule has 0 bridgehead atoms. The molecule has 0 amide bonds. The minimum Gasteiger partial charge on any atom is -0.457 e. The molecule has 0 aliphatic rings. The van der Waals surface area contributed by atoms with Gasteiger partial charge in [0.15, 0.2) is 0 Å². The molecule has 0 fully saturated rings. The molecule has 0 N–H and O–H groups in total. The van der Waals surface area contributed by atoms with Gasteiger partial charge in [0.05, 0.1) is 22.4 Å². The van der Waals surface area contributed by atoms with Gasteiger partial charge in [-0.1, -0.05) is 83.4 Å². The molecule has 4 aromatic carbocycles. The molecule has 266 valence electrons. The number of rotatable bonds is 13. The van der Waals surface area contributed by atoms with E-state index in [0.29, 0.717) is 11.8 Å². The standard InChI is InChI=1S/C47H52N4O/c1-8-9-11-14-33(5)38-19-22-44-43(28-38)42-21-20-40(30-45(42)50(44)46-25-32(4)23-24-48-46)52-41-27-36(18-17-31(2)3)26-39(29-41)51-35(7)47(34(6)49-51)37-15-12-10-13-16-37/h10,12-13,15-16,19-31,33H,8-9,11,14,17-18H2,1-7H3. The van der Waals surface area contributed by atoms with E-state index in [1.54, 1.807) is 0 Å². The zero-order chi connectivity index (χ0) is 36.4. The van der Waals surface area contributed by atoms with Crippen LogP contribution in [-0.2, 0) is 6.42 Å². The fourth-order valence-electron chi connectivity index (χ4n) is 7.62. The van der Waals surface area contributed by atoms with Crippen molar-refractivity contribution in [2.24, 2.45) is 5.92 Å². The molecule has 3 aromatic heterocycles. The number of nitrogens with zero attached hydrogens (tertiary/aromatic N) is 4. The van der Waals surface area contributed by atoms with Crippen molar-refractivity contribution in [3.63, 3.8) is 0 Å². The number of benzene rings is 4. The van der Waals surface area contributed by atoms with Gasteiger partial charge in [-0.05, 0) is 123 Å². The normalized spacial score (nSPS) is 12.3. The zero-order valence-corrected chi connectivity index (χ0v) is 31.9. The number of aromatic nitrogens is 4. The minimum absolute atomic E-state index is 0.511. The summed E-state index contributed by atoms with van der Waals surface area (Å²) >= 11 is 0. The number of ether oxygens (including phenoxy) is 1. The summed E-state index contributed by atoms with van der Waals surface area (Å²) in [5.41, 5.74) is 11.6. The predicted octanol–water partition coefficient (Wildman–Crippen LogP) is 13.0. The predicted molar refractivity (Wildman–Crippen MR) is 218 cm³/mol. The van der Waals surface area contributed by atoms with Crippen LogP contribution in [-0.4, -0.2) is 19.3 Å². The van der Waals surface area contributed by atoms with Gasteiger partial charge < -0.3 is 4.74 Å². The van der Waals surface area contributed by atoms with Gasteiger partial charge in [-0.2, -0.15) is 5.10 Å². The first-order valence-electron chi connectivity index (χ1n) is 19.1. The van der Waals surface area contributed by atoms with Crippen molar-refractivity contribution in [2.45, 2.75) is 92.9 Å². The Morgan fingerprint density at radius 2 is 1.56 bits per heavy atom. The Hall–Kier alpha value is -5.16. The zero-order valence-electron chi connectivity index (χ0n) is 31.9. The molecule has 52 heavy (non-hydrogen) atoms. The summed E-state index contributed by atoms with van der Waals surface area (Å²) < 4.78 is 11.2. The Balaban J connectivity index is 1.32. The summed E-state index contributed by atoms with van der Waals surface area (Å²) in [7, 11) is 0. The number of hydrogen-bond acceptors (Lipinski definition) is 3. The number of fused-ring (bicyclic) bond motifs is 3. The summed E-state index contributed by atoms with van der Waals surface area (Å²) in [6, 6.07) is 34.9. The van der Waals surface area contributed by atoms with E-state index in [9.17, 15) is 0 Å². The highest BCUT2D eigenvalue weighted by Crippen LogP contribution is 2.38. The largest absolute Gasteiger partial charge is 0.457 e. The Kier molecular flexibility index (Phi) is 10.3. The lowest BCUT2D eigenvalue weighted by Gasteiger charge is -2.14. The molecule has 3 heterocycles. The van der Waals surface area contributed by atoms with Crippen LogP contribution in [0.4, 0.5) is 0 Å². The third-order valence-corrected chi connectivity index (χ3v) is 10.5. The Morgan fingerprint density at radius 1 is 0.731 bits per heavy atom. The Morgan fingerprint density at radius 3 is 2.33 bits per heavy atom. The molecule has 5 heteroatoms. The van der Waals surface area contributed by atoms with Gasteiger partial charge in [0.1, 0.15) is 17.3 Å². The smallest absolute Gasteiger partial charge is 0.137 e. The second-order valence-corrected chi connectivity index (χ2v) is 15.1. The van der Waals surface area contributed by atoms with Crippen molar-refractivity contribution in [3.8, 4) is 34.1 Å². The third kappa shape index (κ3) is 7.27. The maximum atomic E-state index is 6.81. The molecule has 0 saturated heterocycles. The average molecular weight is 689 g/mol. The fourth-order valence-corrected chi connectivity index (χ4v) is 7.62. The van der Waals surface area contributed by atoms with Crippen molar-refractivity contribution in [1.29, 1.82) is 0 Å². The molecular weight excluding hydrogens is 637 g/mol. The van der Waals surface area contributed by atoms with Crippen LogP contribution in [0.3, 0.4) is 0 Å². The van der Waals surface area contributed by atoms with E-state index in [4.69, 9.17) is 14.8 Å². The maximum absolute atomic E-state index is 6.81. The lowest BCUT2D eigenvalue weighted by Crippen LogP contribution is -2.02. The van der Waals surface area contributed by atoms with E-state index in [2.05, 4.69) is 155 Å². The van der Waals surface area contributed by atoms with Gasteiger partial charge in [-0.3, -0.25) is 4.57 Å². The number of aryl methyl sites for hydroxylation is 3. The second kappa shape index (κ2) is 15.2. The molecule has 0 aliphatic heterocycles. The summed E-state index contributed by atoms with van der Waals surface area (Å²) in [5.74, 6) is 3.63. The average Bonchev–Trinajstić information content (AvgIpc) is 3.62. The van der Waals surface area contributed by atoms with Crippen LogP contribution in [0.25, 0.3) is 44.4 Å². The Labute approximate surface area is 309 Å². The highest BCUT2D eigenvalue weighted by molar-refractivity contribution is 6.09. The summed E-state index contributed by atoms with van der Waals surface area (Å²) in [5, 5.41) is 7.51. The highest BCUT2D eigenvalue weighted by Gasteiger charge is 2.19. The molecule has 0 spiro atoms. The first-order valence-corrected chi connectivity index (χ1v) is 19.1. The van der Waals surface area contributed by atoms with Crippen LogP contribution in [0, 0.1) is 26.7 Å². The quantitative estimate of drug-likeness (QED) is 0.113. The molecule has 0 radical (unpaired) electrons. The molecule has 1 unspecified atom stereocenters. The molecule has 5 nitrogen and oxygen atoms in total. The van der Waals surface area contributed by atoms with Gasteiger partial charge in [0.2, 0.25) is 0 Å². The number of pyridine rings is 1. The summed E-state index contributed by atoms with van der Waals surface area (Å²) in [6.45, 7) is 15.6. The van der Waals surface area contributed by atoms with Crippen molar-refractivity contribution in [1.82, 2.24) is 19.3 Å². The molecule has 0 aliphatic carbocycles. The highest BCUT2D eigenvalue weighted by atomic mass is 16.5. The SMILES string of the molecule is CCCCCC(C)c1ccc2c(c1)c1ccc(Oc3cc(CCC(C)C)cc(-n4nc(C)c(-c5ccccc5)c4C)c3)cc1n2-c1cc(C)ccn1. The van der Waals surface area contributed by atoms with Crippen LogP contribution >= 0.6 is 0 Å². The van der Waals surface area contributed by atoms with Crippen LogP contribution in [0.15, 0.2) is 103 Å². The van der Waals surface area contributed by atoms with E-state index in [1.165, 1.54) is 64.3 Å². The van der Waals surface area contributed by atoms with Gasteiger partial charge >= 0.3 is 0 Å². The van der Waals surface area contributed by atoms with Crippen molar-refractivity contribution < 1.29 is 4.74 Å². The molecule has 7 aromatic rings. The third-order valence-electron chi connectivity index (χ3n) is 10.5. The van der Waals surface area contributed by atoms with Crippen LogP contribution in [0.2, 0.25) is 0 Å². The Bertz CT molecular complexity index is 2330. The van der Waals surface area contributed by atoms with Gasteiger partial charge in [-0.25, -0.2) is 9.67 Å². The lowest BCUT2D eigenvalue weighted by atomic mass is 9.94. The maximum Gasteiger partial charge on any atom is 0.137 e. The van der Waals surface area contributed by atoms with E-state index >= 15 is 0 Å². The number of unbranched alkanes of at least 4 members (excludes halogenated alkanes) is 2. The monoisotopic (exact) mass is 688 g/mol.